The molecule has 0 amide bonds. The first-order chi connectivity index (χ1) is 7.08. The highest BCUT2D eigenvalue weighted by atomic mass is 15.3. The van der Waals surface area contributed by atoms with E-state index in [4.69, 9.17) is 0 Å². The van der Waals surface area contributed by atoms with E-state index in [0.29, 0.717) is 6.04 Å². The summed E-state index contributed by atoms with van der Waals surface area (Å²) < 4.78 is 1.98. The molecule has 1 atom stereocenters. The Labute approximate surface area is 92.2 Å². The number of aromatic nitrogens is 2. The molecule has 1 rings (SSSR count). The van der Waals surface area contributed by atoms with Crippen LogP contribution in [0.4, 0.5) is 0 Å². The first kappa shape index (κ1) is 12.0. The molecule has 0 saturated carbocycles. The van der Waals surface area contributed by atoms with E-state index < -0.39 is 0 Å². The second kappa shape index (κ2) is 5.71. The van der Waals surface area contributed by atoms with Crippen LogP contribution in [0.15, 0.2) is 24.0 Å². The topological polar surface area (TPSA) is 29.9 Å². The molecule has 0 saturated heterocycles. The molecule has 0 radical (unpaired) electrons. The maximum Gasteiger partial charge on any atom is 0.0560 e. The van der Waals surface area contributed by atoms with E-state index in [-0.39, 0.29) is 0 Å². The summed E-state index contributed by atoms with van der Waals surface area (Å²) in [5.74, 6) is 0. The Morgan fingerprint density at radius 1 is 1.60 bits per heavy atom. The van der Waals surface area contributed by atoms with Gasteiger partial charge in [-0.05, 0) is 33.3 Å². The lowest BCUT2D eigenvalue weighted by Crippen LogP contribution is -2.30. The molecule has 15 heavy (non-hydrogen) atoms. The van der Waals surface area contributed by atoms with E-state index in [2.05, 4.69) is 50.4 Å². The molecule has 0 unspecified atom stereocenters. The van der Waals surface area contributed by atoms with Gasteiger partial charge in [0.15, 0.2) is 0 Å². The standard InChI is InChI=1S/C12H21N3/c1-10(2)5-6-13-12(4)9-15-8-11(3)7-14-15/h5,7-8,12-13H,6,9H2,1-4H3/t12-/m0/s1. The van der Waals surface area contributed by atoms with Crippen molar-refractivity contribution in [3.63, 3.8) is 0 Å². The van der Waals surface area contributed by atoms with Crippen LogP contribution in [0.2, 0.25) is 0 Å². The molecule has 84 valence electrons. The average Bonchev–Trinajstić information content (AvgIpc) is 2.50. The summed E-state index contributed by atoms with van der Waals surface area (Å²) in [5.41, 5.74) is 2.57. The minimum absolute atomic E-state index is 0.444. The predicted molar refractivity (Wildman–Crippen MR) is 63.9 cm³/mol. The SMILES string of the molecule is CC(C)=CCN[C@@H](C)Cn1cc(C)cn1. The lowest BCUT2D eigenvalue weighted by molar-refractivity contribution is 0.468. The van der Waals surface area contributed by atoms with Crippen molar-refractivity contribution in [2.24, 2.45) is 0 Å². The Morgan fingerprint density at radius 3 is 2.87 bits per heavy atom. The fourth-order valence-electron chi connectivity index (χ4n) is 1.38. The van der Waals surface area contributed by atoms with Gasteiger partial charge in [0.2, 0.25) is 0 Å². The molecule has 1 heterocycles. The normalized spacial score (nSPS) is 12.5. The molecule has 1 N–H and O–H groups in total. The van der Waals surface area contributed by atoms with Gasteiger partial charge in [0.05, 0.1) is 12.7 Å². The number of hydrogen-bond acceptors (Lipinski definition) is 2. The third-order valence-electron chi connectivity index (χ3n) is 2.20. The molecule has 0 aromatic carbocycles. The molecular formula is C12H21N3. The Bertz CT molecular complexity index is 321. The summed E-state index contributed by atoms with van der Waals surface area (Å²) in [6.07, 6.45) is 6.16. The van der Waals surface area contributed by atoms with Crippen LogP contribution in [0.25, 0.3) is 0 Å². The van der Waals surface area contributed by atoms with Gasteiger partial charge >= 0.3 is 0 Å². The van der Waals surface area contributed by atoms with Crippen molar-refractivity contribution in [2.75, 3.05) is 6.54 Å². The van der Waals surface area contributed by atoms with Crippen LogP contribution < -0.4 is 5.32 Å². The summed E-state index contributed by atoms with van der Waals surface area (Å²) in [4.78, 5) is 0. The minimum Gasteiger partial charge on any atom is -0.309 e. The number of nitrogens with one attached hydrogen (secondary N) is 1. The Hall–Kier alpha value is -1.09. The van der Waals surface area contributed by atoms with E-state index in [1.807, 2.05) is 10.9 Å². The number of rotatable bonds is 5. The summed E-state index contributed by atoms with van der Waals surface area (Å²) in [6.45, 7) is 10.3. The number of nitrogens with zero attached hydrogens (tertiary/aromatic N) is 2. The van der Waals surface area contributed by atoms with Gasteiger partial charge in [-0.2, -0.15) is 5.10 Å². The first-order valence-corrected chi connectivity index (χ1v) is 5.43. The fourth-order valence-corrected chi connectivity index (χ4v) is 1.38. The van der Waals surface area contributed by atoms with Crippen LogP contribution in [0.5, 0.6) is 0 Å². The van der Waals surface area contributed by atoms with Gasteiger partial charge in [0, 0.05) is 18.8 Å². The molecule has 0 spiro atoms. The van der Waals surface area contributed by atoms with Crippen LogP contribution in [-0.4, -0.2) is 22.4 Å². The highest BCUT2D eigenvalue weighted by Crippen LogP contribution is 1.96. The third-order valence-corrected chi connectivity index (χ3v) is 2.20. The maximum absolute atomic E-state index is 4.26. The Morgan fingerprint density at radius 2 is 2.33 bits per heavy atom. The van der Waals surface area contributed by atoms with Gasteiger partial charge in [-0.25, -0.2) is 0 Å². The average molecular weight is 207 g/mol. The molecule has 0 aliphatic rings. The second-order valence-corrected chi connectivity index (χ2v) is 4.33. The van der Waals surface area contributed by atoms with Crippen LogP contribution in [-0.2, 0) is 6.54 Å². The zero-order valence-electron chi connectivity index (χ0n) is 10.1. The fraction of sp³-hybridized carbons (Fsp3) is 0.583. The van der Waals surface area contributed by atoms with E-state index in [1.54, 1.807) is 0 Å². The zero-order chi connectivity index (χ0) is 11.3. The van der Waals surface area contributed by atoms with Crippen LogP contribution in [0, 0.1) is 6.92 Å². The second-order valence-electron chi connectivity index (χ2n) is 4.33. The van der Waals surface area contributed by atoms with Gasteiger partial charge < -0.3 is 5.32 Å². The molecule has 0 bridgehead atoms. The van der Waals surface area contributed by atoms with Gasteiger partial charge in [-0.1, -0.05) is 11.6 Å². The van der Waals surface area contributed by atoms with Crippen molar-refractivity contribution in [1.29, 1.82) is 0 Å². The largest absolute Gasteiger partial charge is 0.309 e. The summed E-state index contributed by atoms with van der Waals surface area (Å²) >= 11 is 0. The molecule has 0 aliphatic carbocycles. The highest BCUT2D eigenvalue weighted by Gasteiger charge is 2.01. The van der Waals surface area contributed by atoms with Gasteiger partial charge in [0.1, 0.15) is 0 Å². The molecule has 0 aliphatic heterocycles. The quantitative estimate of drug-likeness (QED) is 0.750. The highest BCUT2D eigenvalue weighted by molar-refractivity contribution is 4.99. The van der Waals surface area contributed by atoms with E-state index in [0.717, 1.165) is 13.1 Å². The van der Waals surface area contributed by atoms with Crippen molar-refractivity contribution < 1.29 is 0 Å². The van der Waals surface area contributed by atoms with Crippen molar-refractivity contribution >= 4 is 0 Å². The van der Waals surface area contributed by atoms with E-state index >= 15 is 0 Å². The molecule has 0 fully saturated rings. The molecule has 3 heteroatoms. The van der Waals surface area contributed by atoms with Crippen molar-refractivity contribution in [3.8, 4) is 0 Å². The third kappa shape index (κ3) is 4.79. The molecule has 1 aromatic rings. The predicted octanol–water partition coefficient (Wildman–Crippen LogP) is 2.14. The Kier molecular flexibility index (Phi) is 4.56. The van der Waals surface area contributed by atoms with E-state index in [9.17, 15) is 0 Å². The molecule has 1 aromatic heterocycles. The van der Waals surface area contributed by atoms with Crippen molar-refractivity contribution in [2.45, 2.75) is 40.3 Å². The van der Waals surface area contributed by atoms with Crippen molar-refractivity contribution in [3.05, 3.63) is 29.6 Å². The van der Waals surface area contributed by atoms with Crippen LogP contribution >= 0.6 is 0 Å². The summed E-state index contributed by atoms with van der Waals surface area (Å²) in [5, 5.41) is 7.69. The van der Waals surface area contributed by atoms with Gasteiger partial charge in [-0.15, -0.1) is 0 Å². The monoisotopic (exact) mass is 207 g/mol. The lowest BCUT2D eigenvalue weighted by atomic mass is 10.3. The summed E-state index contributed by atoms with van der Waals surface area (Å²) in [7, 11) is 0. The molecular weight excluding hydrogens is 186 g/mol. The summed E-state index contributed by atoms with van der Waals surface area (Å²) in [6, 6.07) is 0.444. The van der Waals surface area contributed by atoms with Gasteiger partial charge in [0.25, 0.3) is 0 Å². The maximum atomic E-state index is 4.26. The number of aryl methyl sites for hydroxylation is 1. The zero-order valence-corrected chi connectivity index (χ0v) is 10.1. The first-order valence-electron chi connectivity index (χ1n) is 5.43. The molecule has 3 nitrogen and oxygen atoms in total. The minimum atomic E-state index is 0.444. The van der Waals surface area contributed by atoms with Gasteiger partial charge in [-0.3, -0.25) is 4.68 Å². The lowest BCUT2D eigenvalue weighted by Gasteiger charge is -2.12. The van der Waals surface area contributed by atoms with E-state index in [1.165, 1.54) is 11.1 Å². The van der Waals surface area contributed by atoms with Crippen LogP contribution in [0.1, 0.15) is 26.3 Å². The Balaban J connectivity index is 2.30. The number of hydrogen-bond donors (Lipinski definition) is 1. The van der Waals surface area contributed by atoms with Crippen LogP contribution in [0.3, 0.4) is 0 Å². The smallest absolute Gasteiger partial charge is 0.0560 e. The number of allylic oxidation sites excluding steroid dienone is 1. The van der Waals surface area contributed by atoms with Crippen molar-refractivity contribution in [1.82, 2.24) is 15.1 Å².